The van der Waals surface area contributed by atoms with Gasteiger partial charge in [0.15, 0.2) is 5.82 Å². The fourth-order valence-electron chi connectivity index (χ4n) is 3.07. The van der Waals surface area contributed by atoms with E-state index in [2.05, 4.69) is 37.3 Å². The van der Waals surface area contributed by atoms with Crippen LogP contribution in [0, 0.1) is 5.82 Å². The number of hydrogen-bond acceptors (Lipinski definition) is 8. The van der Waals surface area contributed by atoms with Crippen molar-refractivity contribution in [3.05, 3.63) is 91.3 Å². The summed E-state index contributed by atoms with van der Waals surface area (Å²) in [6, 6.07) is 12.4. The third kappa shape index (κ3) is 6.05. The van der Waals surface area contributed by atoms with Gasteiger partial charge in [-0.2, -0.15) is 10.1 Å². The van der Waals surface area contributed by atoms with Crippen molar-refractivity contribution in [3.8, 4) is 0 Å². The van der Waals surface area contributed by atoms with E-state index in [9.17, 15) is 14.0 Å². The van der Waals surface area contributed by atoms with Gasteiger partial charge in [0, 0.05) is 37.3 Å². The molecule has 2 amide bonds. The van der Waals surface area contributed by atoms with E-state index in [0.717, 1.165) is 12.3 Å². The minimum absolute atomic E-state index is 0.188. The fraction of sp³-hybridized carbons (Fsp3) is 0.0833. The van der Waals surface area contributed by atoms with Crippen LogP contribution in [0.4, 0.5) is 38.1 Å². The number of carbonyl (C=O) groups is 2. The molecule has 3 heterocycles. The average Bonchev–Trinajstić information content (AvgIpc) is 3.28. The normalized spacial score (nSPS) is 10.4. The zero-order chi connectivity index (χ0) is 25.5. The molecule has 4 rings (SSSR count). The van der Waals surface area contributed by atoms with Gasteiger partial charge in [-0.15, -0.1) is 0 Å². The molecule has 0 spiro atoms. The van der Waals surface area contributed by atoms with Crippen LogP contribution < -0.4 is 15.5 Å². The van der Waals surface area contributed by atoms with E-state index in [1.54, 1.807) is 48.3 Å². The van der Waals surface area contributed by atoms with Crippen LogP contribution in [0.5, 0.6) is 0 Å². The van der Waals surface area contributed by atoms with Crippen molar-refractivity contribution >= 4 is 41.0 Å². The number of rotatable bonds is 8. The lowest BCUT2D eigenvalue weighted by molar-refractivity contribution is -0.111. The van der Waals surface area contributed by atoms with Gasteiger partial charge < -0.3 is 15.4 Å². The van der Waals surface area contributed by atoms with Crippen LogP contribution in [-0.2, 0) is 23.2 Å². The largest absolute Gasteiger partial charge is 0.442 e. The molecule has 0 saturated heterocycles. The third-order valence-electron chi connectivity index (χ3n) is 4.70. The molecule has 4 aromatic rings. The number of amides is 2. The van der Waals surface area contributed by atoms with Crippen molar-refractivity contribution < 1.29 is 18.7 Å². The molecule has 3 aromatic heterocycles. The van der Waals surface area contributed by atoms with Crippen molar-refractivity contribution in [2.75, 3.05) is 15.5 Å². The Labute approximate surface area is 205 Å². The molecule has 2 N–H and O–H groups in total. The zero-order valence-electron chi connectivity index (χ0n) is 19.1. The van der Waals surface area contributed by atoms with Crippen LogP contribution in [-0.4, -0.2) is 36.7 Å². The van der Waals surface area contributed by atoms with E-state index in [4.69, 9.17) is 4.74 Å². The van der Waals surface area contributed by atoms with Gasteiger partial charge in [-0.05, 0) is 36.4 Å². The summed E-state index contributed by atoms with van der Waals surface area (Å²) in [5.41, 5.74) is 1.14. The summed E-state index contributed by atoms with van der Waals surface area (Å²) in [5, 5.41) is 9.85. The highest BCUT2D eigenvalue weighted by Gasteiger charge is 2.23. The quantitative estimate of drug-likeness (QED) is 0.355. The van der Waals surface area contributed by atoms with Crippen molar-refractivity contribution in [2.24, 2.45) is 7.05 Å². The van der Waals surface area contributed by atoms with Crippen LogP contribution in [0.3, 0.4) is 0 Å². The number of aryl methyl sites for hydroxylation is 1. The highest BCUT2D eigenvalue weighted by atomic mass is 19.1. The fourth-order valence-corrected chi connectivity index (χ4v) is 3.07. The van der Waals surface area contributed by atoms with E-state index in [1.165, 1.54) is 29.3 Å². The van der Waals surface area contributed by atoms with Gasteiger partial charge in [-0.1, -0.05) is 12.6 Å². The number of benzene rings is 1. The first-order valence-corrected chi connectivity index (χ1v) is 10.6. The smallest absolute Gasteiger partial charge is 0.420 e. The SMILES string of the molecule is C=CC(=O)Nc1cccc(N(C(=O)OCc2ccc(F)cn2)c2ccnc(Nc3ccn(C)n3)n2)c1. The highest BCUT2D eigenvalue weighted by Crippen LogP contribution is 2.28. The Morgan fingerprint density at radius 2 is 2.06 bits per heavy atom. The molecule has 0 aliphatic rings. The molecule has 36 heavy (non-hydrogen) atoms. The molecule has 182 valence electrons. The van der Waals surface area contributed by atoms with Gasteiger partial charge in [-0.25, -0.2) is 19.1 Å². The second-order valence-electron chi connectivity index (χ2n) is 7.34. The monoisotopic (exact) mass is 488 g/mol. The van der Waals surface area contributed by atoms with Crippen LogP contribution in [0.15, 0.2) is 79.8 Å². The lowest BCUT2D eigenvalue weighted by Crippen LogP contribution is -2.28. The predicted molar refractivity (Wildman–Crippen MR) is 130 cm³/mol. The second-order valence-corrected chi connectivity index (χ2v) is 7.34. The maximum Gasteiger partial charge on any atom is 0.420 e. The van der Waals surface area contributed by atoms with E-state index in [1.807, 2.05) is 0 Å². The van der Waals surface area contributed by atoms with Gasteiger partial charge in [0.1, 0.15) is 18.2 Å². The minimum Gasteiger partial charge on any atom is -0.442 e. The summed E-state index contributed by atoms with van der Waals surface area (Å²) in [7, 11) is 1.77. The van der Waals surface area contributed by atoms with Gasteiger partial charge >= 0.3 is 6.09 Å². The third-order valence-corrected chi connectivity index (χ3v) is 4.70. The van der Waals surface area contributed by atoms with Crippen molar-refractivity contribution in [1.82, 2.24) is 24.7 Å². The molecule has 1 aromatic carbocycles. The summed E-state index contributed by atoms with van der Waals surface area (Å²) in [6.45, 7) is 3.24. The number of hydrogen-bond donors (Lipinski definition) is 2. The maximum atomic E-state index is 13.2. The lowest BCUT2D eigenvalue weighted by atomic mass is 10.2. The first-order chi connectivity index (χ1) is 17.4. The Morgan fingerprint density at radius 3 is 2.78 bits per heavy atom. The van der Waals surface area contributed by atoms with Crippen LogP contribution in [0.2, 0.25) is 0 Å². The number of pyridine rings is 1. The van der Waals surface area contributed by atoms with E-state index < -0.39 is 17.8 Å². The summed E-state index contributed by atoms with van der Waals surface area (Å²) < 4.78 is 20.2. The molecular formula is C24H21FN8O3. The zero-order valence-corrected chi connectivity index (χ0v) is 19.1. The highest BCUT2D eigenvalue weighted by molar-refractivity contribution is 6.00. The molecule has 0 fully saturated rings. The maximum absolute atomic E-state index is 13.2. The number of carbonyl (C=O) groups excluding carboxylic acids is 2. The minimum atomic E-state index is -0.782. The standard InChI is InChI=1S/C24H21FN8O3/c1-3-22(34)28-17-5-4-6-19(13-17)33(24(35)36-15-18-8-7-16(25)14-27-18)21-9-11-26-23(30-21)29-20-10-12-32(2)31-20/h3-14H,1,15H2,2H3,(H,28,34)(H,26,29,30,31). The van der Waals surface area contributed by atoms with Crippen molar-refractivity contribution in [2.45, 2.75) is 6.61 Å². The Kier molecular flexibility index (Phi) is 7.25. The van der Waals surface area contributed by atoms with E-state index in [-0.39, 0.29) is 18.4 Å². The first kappa shape index (κ1) is 24.0. The first-order valence-electron chi connectivity index (χ1n) is 10.6. The van der Waals surface area contributed by atoms with E-state index >= 15 is 0 Å². The predicted octanol–water partition coefficient (Wildman–Crippen LogP) is 4.09. The molecule has 0 atom stereocenters. The lowest BCUT2D eigenvalue weighted by Gasteiger charge is -2.22. The molecule has 0 aliphatic carbocycles. The number of halogens is 1. The molecule has 12 heteroatoms. The number of ether oxygens (including phenoxy) is 1. The second kappa shape index (κ2) is 10.9. The molecule has 11 nitrogen and oxygen atoms in total. The van der Waals surface area contributed by atoms with Gasteiger partial charge in [0.2, 0.25) is 11.9 Å². The molecule has 0 bridgehead atoms. The number of anilines is 5. The van der Waals surface area contributed by atoms with Gasteiger partial charge in [0.25, 0.3) is 0 Å². The van der Waals surface area contributed by atoms with E-state index in [0.29, 0.717) is 22.9 Å². The number of nitrogens with zero attached hydrogens (tertiary/aromatic N) is 6. The molecule has 0 unspecified atom stereocenters. The summed E-state index contributed by atoms with van der Waals surface area (Å²) >= 11 is 0. The Balaban J connectivity index is 1.65. The van der Waals surface area contributed by atoms with Crippen molar-refractivity contribution in [1.29, 1.82) is 0 Å². The van der Waals surface area contributed by atoms with Crippen LogP contribution >= 0.6 is 0 Å². The summed E-state index contributed by atoms with van der Waals surface area (Å²) in [5.74, 6) is -0.0140. The van der Waals surface area contributed by atoms with Crippen LogP contribution in [0.25, 0.3) is 0 Å². The average molecular weight is 488 g/mol. The summed E-state index contributed by atoms with van der Waals surface area (Å²) in [4.78, 5) is 38.7. The van der Waals surface area contributed by atoms with Gasteiger partial charge in [0.05, 0.1) is 17.6 Å². The molecule has 0 radical (unpaired) electrons. The Morgan fingerprint density at radius 1 is 1.19 bits per heavy atom. The van der Waals surface area contributed by atoms with Crippen molar-refractivity contribution in [3.63, 3.8) is 0 Å². The molecule has 0 saturated carbocycles. The van der Waals surface area contributed by atoms with Crippen LogP contribution in [0.1, 0.15) is 5.69 Å². The number of nitrogens with one attached hydrogen (secondary N) is 2. The molecule has 0 aliphatic heterocycles. The number of aromatic nitrogens is 5. The summed E-state index contributed by atoms with van der Waals surface area (Å²) in [6.07, 6.45) is 4.61. The Hall–Kier alpha value is -5.13. The van der Waals surface area contributed by atoms with Gasteiger partial charge in [-0.3, -0.25) is 14.5 Å². The Bertz CT molecular complexity index is 1390. The molecular weight excluding hydrogens is 467 g/mol. The topological polar surface area (TPSA) is 127 Å².